The fraction of sp³-hybridized carbons (Fsp3) is 0.250. The lowest BCUT2D eigenvalue weighted by molar-refractivity contribution is -0.142. The van der Waals surface area contributed by atoms with Crippen LogP contribution in [0.4, 0.5) is 10.5 Å². The number of likely N-dealkylation sites (tertiary alicyclic amines) is 1. The number of ether oxygens (including phenoxy) is 1. The molecule has 178 valence electrons. The lowest BCUT2D eigenvalue weighted by atomic mass is 9.98. The van der Waals surface area contributed by atoms with Gasteiger partial charge in [0.25, 0.3) is 5.91 Å². The van der Waals surface area contributed by atoms with Crippen LogP contribution in [0, 0.1) is 11.8 Å². The zero-order chi connectivity index (χ0) is 24.5. The average Bonchev–Trinajstić information content (AvgIpc) is 3.41. The number of nitrogens with one attached hydrogen (secondary N) is 1. The van der Waals surface area contributed by atoms with Gasteiger partial charge >= 0.3 is 12.1 Å². The van der Waals surface area contributed by atoms with Crippen molar-refractivity contribution in [2.45, 2.75) is 12.8 Å². The smallest absolute Gasteiger partial charge is 0.411 e. The number of hydrogen-bond acceptors (Lipinski definition) is 4. The predicted molar refractivity (Wildman–Crippen MR) is 131 cm³/mol. The summed E-state index contributed by atoms with van der Waals surface area (Å²) in [7, 11) is 0. The van der Waals surface area contributed by atoms with Crippen LogP contribution in [0.1, 0.15) is 34.3 Å². The van der Waals surface area contributed by atoms with Crippen molar-refractivity contribution in [2.75, 3.05) is 25.0 Å². The Kier molecular flexibility index (Phi) is 5.99. The van der Waals surface area contributed by atoms with E-state index in [9.17, 15) is 19.5 Å². The minimum atomic E-state index is -0.905. The van der Waals surface area contributed by atoms with Gasteiger partial charge in [-0.25, -0.2) is 4.79 Å². The van der Waals surface area contributed by atoms with Gasteiger partial charge in [-0.05, 0) is 40.3 Å². The molecule has 5 rings (SSSR count). The minimum absolute atomic E-state index is 0.0657. The highest BCUT2D eigenvalue weighted by molar-refractivity contribution is 6.03. The number of rotatable bonds is 5. The summed E-state index contributed by atoms with van der Waals surface area (Å²) < 4.78 is 5.62. The molecule has 1 aliphatic heterocycles. The molecule has 7 nitrogen and oxygen atoms in total. The molecular formula is C28H26N2O5. The van der Waals surface area contributed by atoms with E-state index in [0.29, 0.717) is 17.8 Å². The number of carboxylic acids is 1. The number of anilines is 1. The van der Waals surface area contributed by atoms with Crippen molar-refractivity contribution in [1.29, 1.82) is 0 Å². The van der Waals surface area contributed by atoms with Gasteiger partial charge in [-0.3, -0.25) is 14.9 Å². The summed E-state index contributed by atoms with van der Waals surface area (Å²) in [6.45, 7) is 2.50. The summed E-state index contributed by atoms with van der Waals surface area (Å²) in [6, 6.07) is 22.9. The van der Waals surface area contributed by atoms with Gasteiger partial charge in [0, 0.05) is 19.0 Å². The predicted octanol–water partition coefficient (Wildman–Crippen LogP) is 4.84. The van der Waals surface area contributed by atoms with Gasteiger partial charge in [0.15, 0.2) is 0 Å². The van der Waals surface area contributed by atoms with Crippen LogP contribution >= 0.6 is 0 Å². The van der Waals surface area contributed by atoms with E-state index < -0.39 is 18.0 Å². The molecule has 0 saturated carbocycles. The van der Waals surface area contributed by atoms with E-state index in [1.165, 1.54) is 4.90 Å². The molecule has 0 aromatic heterocycles. The SMILES string of the molecule is C[C@@H]1CN(C(=O)c2ccccc2NC(=O)OCC2c3ccccc3-c3ccccc32)C[C@H]1C(=O)O. The molecule has 1 fully saturated rings. The molecule has 2 atom stereocenters. The van der Waals surface area contributed by atoms with E-state index in [2.05, 4.69) is 29.6 Å². The summed E-state index contributed by atoms with van der Waals surface area (Å²) in [5.74, 6) is -2.02. The number of amides is 2. The number of para-hydroxylation sites is 1. The molecule has 7 heteroatoms. The number of nitrogens with zero attached hydrogens (tertiary/aromatic N) is 1. The number of benzene rings is 3. The minimum Gasteiger partial charge on any atom is -0.481 e. The van der Waals surface area contributed by atoms with Crippen molar-refractivity contribution < 1.29 is 24.2 Å². The van der Waals surface area contributed by atoms with Crippen LogP contribution in [-0.4, -0.2) is 47.7 Å². The highest BCUT2D eigenvalue weighted by Crippen LogP contribution is 2.44. The second-order valence-electron chi connectivity index (χ2n) is 9.13. The van der Waals surface area contributed by atoms with Gasteiger partial charge in [-0.15, -0.1) is 0 Å². The summed E-state index contributed by atoms with van der Waals surface area (Å²) in [4.78, 5) is 38.9. The van der Waals surface area contributed by atoms with Crippen LogP contribution in [-0.2, 0) is 9.53 Å². The van der Waals surface area contributed by atoms with Crippen LogP contribution < -0.4 is 5.32 Å². The summed E-state index contributed by atoms with van der Waals surface area (Å²) >= 11 is 0. The van der Waals surface area contributed by atoms with Crippen molar-refractivity contribution in [3.8, 4) is 11.1 Å². The molecule has 3 aromatic carbocycles. The molecule has 0 unspecified atom stereocenters. The summed E-state index contributed by atoms with van der Waals surface area (Å²) in [6.07, 6.45) is -0.648. The standard InChI is InChI=1S/C28H26N2O5/c1-17-14-30(15-23(17)27(32)33)26(31)22-12-6-7-13-25(22)29-28(34)35-16-24-20-10-4-2-8-18(20)19-9-3-5-11-21(19)24/h2-13,17,23-24H,14-16H2,1H3,(H,29,34)(H,32,33)/t17-,23-/m1/s1. The van der Waals surface area contributed by atoms with Crippen molar-refractivity contribution in [3.63, 3.8) is 0 Å². The number of fused-ring (bicyclic) bond motifs is 3. The lowest BCUT2D eigenvalue weighted by Gasteiger charge is -2.19. The average molecular weight is 471 g/mol. The molecule has 2 amide bonds. The monoisotopic (exact) mass is 470 g/mol. The Hall–Kier alpha value is -4.13. The highest BCUT2D eigenvalue weighted by atomic mass is 16.5. The van der Waals surface area contributed by atoms with Crippen LogP contribution in [0.3, 0.4) is 0 Å². The zero-order valence-corrected chi connectivity index (χ0v) is 19.3. The maximum atomic E-state index is 13.1. The third-order valence-corrected chi connectivity index (χ3v) is 6.95. The van der Waals surface area contributed by atoms with Gasteiger partial charge in [0.2, 0.25) is 0 Å². The summed E-state index contributed by atoms with van der Waals surface area (Å²) in [5, 5.41) is 12.1. The Balaban J connectivity index is 1.28. The number of aliphatic carboxylic acids is 1. The van der Waals surface area contributed by atoms with E-state index in [4.69, 9.17) is 4.74 Å². The first kappa shape index (κ1) is 22.7. The fourth-order valence-electron chi connectivity index (χ4n) is 5.15. The first-order chi connectivity index (χ1) is 16.9. The molecule has 1 heterocycles. The molecule has 1 saturated heterocycles. The lowest BCUT2D eigenvalue weighted by Crippen LogP contribution is -2.31. The Bertz CT molecular complexity index is 1260. The van der Waals surface area contributed by atoms with E-state index in [1.54, 1.807) is 24.3 Å². The molecule has 0 spiro atoms. The van der Waals surface area contributed by atoms with E-state index >= 15 is 0 Å². The van der Waals surface area contributed by atoms with Gasteiger partial charge in [0.05, 0.1) is 17.2 Å². The maximum Gasteiger partial charge on any atom is 0.411 e. The zero-order valence-electron chi connectivity index (χ0n) is 19.3. The second kappa shape index (κ2) is 9.25. The third-order valence-electron chi connectivity index (χ3n) is 6.95. The maximum absolute atomic E-state index is 13.1. The largest absolute Gasteiger partial charge is 0.481 e. The van der Waals surface area contributed by atoms with E-state index in [0.717, 1.165) is 22.3 Å². The molecule has 35 heavy (non-hydrogen) atoms. The number of carboxylic acid groups (broad SMARTS) is 1. The normalized spacial score (nSPS) is 18.6. The fourth-order valence-corrected chi connectivity index (χ4v) is 5.15. The Labute approximate surface area is 203 Å². The molecule has 0 bridgehead atoms. The van der Waals surface area contributed by atoms with Crippen LogP contribution in [0.2, 0.25) is 0 Å². The number of hydrogen-bond donors (Lipinski definition) is 2. The topological polar surface area (TPSA) is 95.9 Å². The van der Waals surface area contributed by atoms with Crippen molar-refractivity contribution in [2.24, 2.45) is 11.8 Å². The van der Waals surface area contributed by atoms with Crippen molar-refractivity contribution in [1.82, 2.24) is 4.90 Å². The molecular weight excluding hydrogens is 444 g/mol. The first-order valence-corrected chi connectivity index (χ1v) is 11.7. The summed E-state index contributed by atoms with van der Waals surface area (Å²) in [5.41, 5.74) is 5.17. The van der Waals surface area contributed by atoms with Gasteiger partial charge in [-0.1, -0.05) is 67.6 Å². The number of carbonyl (C=O) groups excluding carboxylic acids is 2. The Morgan fingerprint density at radius 2 is 1.51 bits per heavy atom. The first-order valence-electron chi connectivity index (χ1n) is 11.7. The molecule has 1 aliphatic carbocycles. The quantitative estimate of drug-likeness (QED) is 0.556. The Morgan fingerprint density at radius 1 is 0.914 bits per heavy atom. The van der Waals surface area contributed by atoms with E-state index in [1.807, 2.05) is 31.2 Å². The van der Waals surface area contributed by atoms with Crippen molar-refractivity contribution >= 4 is 23.7 Å². The highest BCUT2D eigenvalue weighted by Gasteiger charge is 2.37. The van der Waals surface area contributed by atoms with E-state index in [-0.39, 0.29) is 30.9 Å². The number of carbonyl (C=O) groups is 3. The van der Waals surface area contributed by atoms with Gasteiger partial charge in [0.1, 0.15) is 6.61 Å². The van der Waals surface area contributed by atoms with Crippen LogP contribution in [0.25, 0.3) is 11.1 Å². The molecule has 2 N–H and O–H groups in total. The Morgan fingerprint density at radius 3 is 2.14 bits per heavy atom. The molecule has 2 aliphatic rings. The molecule has 3 aromatic rings. The van der Waals surface area contributed by atoms with Crippen LogP contribution in [0.5, 0.6) is 0 Å². The van der Waals surface area contributed by atoms with Crippen molar-refractivity contribution in [3.05, 3.63) is 89.5 Å². The van der Waals surface area contributed by atoms with Crippen LogP contribution in [0.15, 0.2) is 72.8 Å². The second-order valence-corrected chi connectivity index (χ2v) is 9.13. The third kappa shape index (κ3) is 4.25. The van der Waals surface area contributed by atoms with Gasteiger partial charge in [-0.2, -0.15) is 0 Å². The molecule has 0 radical (unpaired) electrons. The van der Waals surface area contributed by atoms with Gasteiger partial charge < -0.3 is 14.7 Å².